The Hall–Kier alpha value is -0.910. The first-order chi connectivity index (χ1) is 7.15. The van der Waals surface area contributed by atoms with Crippen LogP contribution in [-0.4, -0.2) is 30.6 Å². The number of hydrogen-bond donors (Lipinski definition) is 3. The number of carbonyl (C=O) groups is 1. The first-order valence-corrected chi connectivity index (χ1v) is 5.69. The van der Waals surface area contributed by atoms with E-state index in [0.29, 0.717) is 6.54 Å². The third kappa shape index (κ3) is 3.62. The molecule has 5 heteroatoms. The highest BCUT2D eigenvalue weighted by atomic mass is 32.1. The molecule has 84 valence electrons. The van der Waals surface area contributed by atoms with E-state index in [2.05, 4.69) is 10.6 Å². The molecular weight excluding hydrogens is 212 g/mol. The highest BCUT2D eigenvalue weighted by Gasteiger charge is 2.13. The van der Waals surface area contributed by atoms with Gasteiger partial charge in [-0.15, -0.1) is 11.3 Å². The Morgan fingerprint density at radius 3 is 2.93 bits per heavy atom. The van der Waals surface area contributed by atoms with Crippen molar-refractivity contribution in [2.45, 2.75) is 19.1 Å². The largest absolute Gasteiger partial charge is 0.386 e. The van der Waals surface area contributed by atoms with Crippen molar-refractivity contribution >= 4 is 17.2 Å². The van der Waals surface area contributed by atoms with Crippen molar-refractivity contribution in [3.8, 4) is 0 Å². The Kier molecular flexibility index (Phi) is 4.74. The molecule has 0 aliphatic rings. The second-order valence-electron chi connectivity index (χ2n) is 3.28. The van der Waals surface area contributed by atoms with E-state index in [9.17, 15) is 9.90 Å². The number of aliphatic hydroxyl groups excluding tert-OH is 1. The average Bonchev–Trinajstić information content (AvgIpc) is 2.77. The zero-order chi connectivity index (χ0) is 11.3. The Morgan fingerprint density at radius 1 is 1.67 bits per heavy atom. The summed E-state index contributed by atoms with van der Waals surface area (Å²) in [6.07, 6.45) is -0.544. The van der Waals surface area contributed by atoms with Crippen molar-refractivity contribution < 1.29 is 9.90 Å². The first kappa shape index (κ1) is 12.2. The summed E-state index contributed by atoms with van der Waals surface area (Å²) >= 11 is 1.51. The van der Waals surface area contributed by atoms with Gasteiger partial charge in [0.25, 0.3) is 0 Å². The molecule has 1 aromatic heterocycles. The predicted octanol–water partition coefficient (Wildman–Crippen LogP) is 0.506. The van der Waals surface area contributed by atoms with Crippen LogP contribution >= 0.6 is 11.3 Å². The fourth-order valence-corrected chi connectivity index (χ4v) is 1.89. The van der Waals surface area contributed by atoms with E-state index in [-0.39, 0.29) is 11.9 Å². The maximum Gasteiger partial charge on any atom is 0.236 e. The van der Waals surface area contributed by atoms with Crippen molar-refractivity contribution in [2.75, 3.05) is 13.6 Å². The molecule has 1 heterocycles. The molecule has 0 spiro atoms. The van der Waals surface area contributed by atoms with Gasteiger partial charge < -0.3 is 15.7 Å². The quantitative estimate of drug-likeness (QED) is 0.688. The second kappa shape index (κ2) is 5.85. The van der Waals surface area contributed by atoms with Gasteiger partial charge in [0.2, 0.25) is 5.91 Å². The van der Waals surface area contributed by atoms with E-state index in [1.165, 1.54) is 11.3 Å². The van der Waals surface area contributed by atoms with Crippen LogP contribution in [0.4, 0.5) is 0 Å². The van der Waals surface area contributed by atoms with Crippen LogP contribution in [0.3, 0.4) is 0 Å². The van der Waals surface area contributed by atoms with Gasteiger partial charge in [0, 0.05) is 18.5 Å². The molecule has 0 saturated heterocycles. The van der Waals surface area contributed by atoms with Crippen LogP contribution in [0.25, 0.3) is 0 Å². The van der Waals surface area contributed by atoms with E-state index in [1.54, 1.807) is 14.0 Å². The normalized spacial score (nSPS) is 14.6. The zero-order valence-electron chi connectivity index (χ0n) is 8.86. The third-order valence-corrected chi connectivity index (χ3v) is 3.10. The molecule has 1 rings (SSSR count). The highest BCUT2D eigenvalue weighted by Crippen LogP contribution is 2.17. The number of thiophene rings is 1. The van der Waals surface area contributed by atoms with Crippen molar-refractivity contribution in [3.05, 3.63) is 22.4 Å². The van der Waals surface area contributed by atoms with Crippen LogP contribution in [0.2, 0.25) is 0 Å². The summed E-state index contributed by atoms with van der Waals surface area (Å²) in [5, 5.41) is 17.2. The maximum atomic E-state index is 11.2. The van der Waals surface area contributed by atoms with Gasteiger partial charge in [-0.1, -0.05) is 6.07 Å². The molecule has 0 aliphatic carbocycles. The van der Waals surface area contributed by atoms with Crippen LogP contribution in [0.15, 0.2) is 17.5 Å². The van der Waals surface area contributed by atoms with Gasteiger partial charge >= 0.3 is 0 Å². The van der Waals surface area contributed by atoms with Gasteiger partial charge in [-0.25, -0.2) is 0 Å². The van der Waals surface area contributed by atoms with E-state index >= 15 is 0 Å². The van der Waals surface area contributed by atoms with Gasteiger partial charge in [0.1, 0.15) is 6.10 Å². The number of likely N-dealkylation sites (N-methyl/N-ethyl adjacent to an activating group) is 1. The Balaban J connectivity index is 2.34. The SMILES string of the molecule is CNC(=O)C(C)NCC(O)c1cccs1. The van der Waals surface area contributed by atoms with E-state index in [1.807, 2.05) is 17.5 Å². The first-order valence-electron chi connectivity index (χ1n) is 4.81. The summed E-state index contributed by atoms with van der Waals surface area (Å²) < 4.78 is 0. The molecule has 0 aliphatic heterocycles. The molecule has 0 fully saturated rings. The summed E-state index contributed by atoms with van der Waals surface area (Å²) in [6, 6.07) is 3.48. The Bertz CT molecular complexity index is 300. The van der Waals surface area contributed by atoms with Gasteiger partial charge in [-0.2, -0.15) is 0 Å². The van der Waals surface area contributed by atoms with E-state index < -0.39 is 6.10 Å². The summed E-state index contributed by atoms with van der Waals surface area (Å²) in [4.78, 5) is 12.1. The van der Waals surface area contributed by atoms with Gasteiger partial charge in [0.15, 0.2) is 0 Å². The van der Waals surface area contributed by atoms with Crippen molar-refractivity contribution in [1.82, 2.24) is 10.6 Å². The minimum atomic E-state index is -0.544. The molecule has 0 saturated carbocycles. The average molecular weight is 228 g/mol. The van der Waals surface area contributed by atoms with Crippen molar-refractivity contribution in [2.24, 2.45) is 0 Å². The molecular formula is C10H16N2O2S. The third-order valence-electron chi connectivity index (χ3n) is 2.13. The Morgan fingerprint density at radius 2 is 2.40 bits per heavy atom. The number of aliphatic hydroxyl groups is 1. The van der Waals surface area contributed by atoms with Gasteiger partial charge in [-0.05, 0) is 18.4 Å². The maximum absolute atomic E-state index is 11.2. The summed E-state index contributed by atoms with van der Waals surface area (Å²) in [7, 11) is 1.59. The fraction of sp³-hybridized carbons (Fsp3) is 0.500. The van der Waals surface area contributed by atoms with E-state index in [4.69, 9.17) is 0 Å². The molecule has 0 radical (unpaired) electrons. The molecule has 1 amide bonds. The molecule has 4 nitrogen and oxygen atoms in total. The monoisotopic (exact) mass is 228 g/mol. The highest BCUT2D eigenvalue weighted by molar-refractivity contribution is 7.10. The number of hydrogen-bond acceptors (Lipinski definition) is 4. The lowest BCUT2D eigenvalue weighted by Gasteiger charge is -2.14. The van der Waals surface area contributed by atoms with Crippen molar-refractivity contribution in [1.29, 1.82) is 0 Å². The fourth-order valence-electron chi connectivity index (χ4n) is 1.18. The smallest absolute Gasteiger partial charge is 0.236 e. The molecule has 1 aromatic rings. The number of rotatable bonds is 5. The summed E-state index contributed by atoms with van der Waals surface area (Å²) in [5.41, 5.74) is 0. The predicted molar refractivity (Wildman–Crippen MR) is 60.8 cm³/mol. The molecule has 0 bridgehead atoms. The van der Waals surface area contributed by atoms with Crippen LogP contribution in [0.5, 0.6) is 0 Å². The van der Waals surface area contributed by atoms with E-state index in [0.717, 1.165) is 4.88 Å². The van der Waals surface area contributed by atoms with Crippen LogP contribution < -0.4 is 10.6 Å². The molecule has 2 atom stereocenters. The lowest BCUT2D eigenvalue weighted by molar-refractivity contribution is -0.122. The standard InChI is InChI=1S/C10H16N2O2S/c1-7(10(14)11-2)12-6-8(13)9-4-3-5-15-9/h3-5,7-8,12-13H,6H2,1-2H3,(H,11,14). The second-order valence-corrected chi connectivity index (χ2v) is 4.25. The molecule has 3 N–H and O–H groups in total. The summed E-state index contributed by atoms with van der Waals surface area (Å²) in [6.45, 7) is 2.15. The minimum absolute atomic E-state index is 0.0756. The summed E-state index contributed by atoms with van der Waals surface area (Å²) in [5.74, 6) is -0.0756. The van der Waals surface area contributed by atoms with Crippen LogP contribution in [0.1, 0.15) is 17.9 Å². The molecule has 15 heavy (non-hydrogen) atoms. The number of amides is 1. The van der Waals surface area contributed by atoms with Gasteiger partial charge in [0.05, 0.1) is 6.04 Å². The Labute approximate surface area is 93.3 Å². The molecule has 0 aromatic carbocycles. The van der Waals surface area contributed by atoms with Crippen molar-refractivity contribution in [3.63, 3.8) is 0 Å². The zero-order valence-corrected chi connectivity index (χ0v) is 9.67. The van der Waals surface area contributed by atoms with Crippen LogP contribution in [-0.2, 0) is 4.79 Å². The molecule has 2 unspecified atom stereocenters. The van der Waals surface area contributed by atoms with Gasteiger partial charge in [-0.3, -0.25) is 4.79 Å². The number of carbonyl (C=O) groups excluding carboxylic acids is 1. The topological polar surface area (TPSA) is 61.4 Å². The van der Waals surface area contributed by atoms with Crippen LogP contribution in [0, 0.1) is 0 Å². The lowest BCUT2D eigenvalue weighted by Crippen LogP contribution is -2.42. The number of nitrogens with one attached hydrogen (secondary N) is 2. The lowest BCUT2D eigenvalue weighted by atomic mass is 10.2. The minimum Gasteiger partial charge on any atom is -0.386 e.